The molecular formula is C14H22N2O3. The van der Waals surface area contributed by atoms with E-state index in [1.54, 1.807) is 14.2 Å². The average Bonchev–Trinajstić information content (AvgIpc) is 2.45. The molecule has 0 amide bonds. The minimum Gasteiger partial charge on any atom is -0.496 e. The van der Waals surface area contributed by atoms with Crippen molar-refractivity contribution in [1.29, 1.82) is 0 Å². The number of likely N-dealkylation sites (N-methyl/N-ethyl adjacent to an activating group) is 1. The second-order valence-corrected chi connectivity index (χ2v) is 4.77. The van der Waals surface area contributed by atoms with Crippen molar-refractivity contribution in [3.8, 4) is 11.5 Å². The Kier molecular flexibility index (Phi) is 4.63. The highest BCUT2D eigenvalue weighted by molar-refractivity contribution is 5.47. The first-order valence-corrected chi connectivity index (χ1v) is 6.44. The Morgan fingerprint density at radius 1 is 1.32 bits per heavy atom. The maximum atomic E-state index is 6.37. The molecule has 1 saturated heterocycles. The Hall–Kier alpha value is -1.30. The number of rotatable bonds is 4. The minimum atomic E-state index is -0.270. The summed E-state index contributed by atoms with van der Waals surface area (Å²) >= 11 is 0. The van der Waals surface area contributed by atoms with Gasteiger partial charge in [-0.05, 0) is 19.2 Å². The van der Waals surface area contributed by atoms with E-state index >= 15 is 0 Å². The van der Waals surface area contributed by atoms with Gasteiger partial charge in [0.2, 0.25) is 0 Å². The van der Waals surface area contributed by atoms with Crippen LogP contribution in [0.1, 0.15) is 11.6 Å². The van der Waals surface area contributed by atoms with Gasteiger partial charge in [-0.3, -0.25) is 0 Å². The molecule has 0 radical (unpaired) electrons. The topological polar surface area (TPSA) is 57.0 Å². The predicted molar refractivity (Wildman–Crippen MR) is 73.7 cm³/mol. The van der Waals surface area contributed by atoms with Gasteiger partial charge in [0.25, 0.3) is 0 Å². The summed E-state index contributed by atoms with van der Waals surface area (Å²) in [5.74, 6) is 1.48. The van der Waals surface area contributed by atoms with Gasteiger partial charge < -0.3 is 24.8 Å². The Morgan fingerprint density at radius 3 is 2.47 bits per heavy atom. The lowest BCUT2D eigenvalue weighted by Gasteiger charge is -2.34. The van der Waals surface area contributed by atoms with E-state index < -0.39 is 0 Å². The van der Waals surface area contributed by atoms with E-state index in [0.717, 1.165) is 30.2 Å². The Balaban J connectivity index is 2.28. The van der Waals surface area contributed by atoms with E-state index in [9.17, 15) is 0 Å². The maximum absolute atomic E-state index is 6.37. The first kappa shape index (κ1) is 14.1. The van der Waals surface area contributed by atoms with E-state index in [1.807, 2.05) is 18.2 Å². The van der Waals surface area contributed by atoms with Gasteiger partial charge >= 0.3 is 0 Å². The molecule has 5 heteroatoms. The summed E-state index contributed by atoms with van der Waals surface area (Å²) in [4.78, 5) is 2.22. The fraction of sp³-hybridized carbons (Fsp3) is 0.571. The number of ether oxygens (including phenoxy) is 3. The van der Waals surface area contributed by atoms with Crippen LogP contribution in [0.3, 0.4) is 0 Å². The normalized spacial score (nSPS) is 22.0. The van der Waals surface area contributed by atoms with Crippen LogP contribution in [0.4, 0.5) is 0 Å². The fourth-order valence-corrected chi connectivity index (χ4v) is 2.42. The third-order valence-electron chi connectivity index (χ3n) is 3.50. The third-order valence-corrected chi connectivity index (χ3v) is 3.50. The van der Waals surface area contributed by atoms with E-state index in [0.29, 0.717) is 6.61 Å². The molecule has 2 rings (SSSR count). The quantitative estimate of drug-likeness (QED) is 0.882. The van der Waals surface area contributed by atoms with Gasteiger partial charge in [-0.15, -0.1) is 0 Å². The third kappa shape index (κ3) is 3.00. The van der Waals surface area contributed by atoms with Crippen molar-refractivity contribution in [2.24, 2.45) is 5.73 Å². The summed E-state index contributed by atoms with van der Waals surface area (Å²) in [7, 11) is 5.35. The highest BCUT2D eigenvalue weighted by atomic mass is 16.5. The maximum Gasteiger partial charge on any atom is 0.127 e. The number of nitrogens with zero attached hydrogens (tertiary/aromatic N) is 1. The van der Waals surface area contributed by atoms with E-state index in [2.05, 4.69) is 11.9 Å². The number of morpholine rings is 1. The molecule has 1 heterocycles. The zero-order chi connectivity index (χ0) is 13.8. The molecule has 0 saturated carbocycles. The molecule has 1 aliphatic heterocycles. The van der Waals surface area contributed by atoms with Crippen LogP contribution in [0, 0.1) is 0 Å². The molecule has 0 bridgehead atoms. The van der Waals surface area contributed by atoms with Gasteiger partial charge in [-0.1, -0.05) is 6.07 Å². The molecule has 1 aliphatic rings. The molecular weight excluding hydrogens is 244 g/mol. The Labute approximate surface area is 114 Å². The van der Waals surface area contributed by atoms with Gasteiger partial charge in [0.05, 0.1) is 38.5 Å². The second kappa shape index (κ2) is 6.23. The van der Waals surface area contributed by atoms with Gasteiger partial charge in [-0.2, -0.15) is 0 Å². The van der Waals surface area contributed by atoms with Crippen molar-refractivity contribution in [2.45, 2.75) is 12.1 Å². The molecule has 19 heavy (non-hydrogen) atoms. The molecule has 2 unspecified atom stereocenters. The van der Waals surface area contributed by atoms with Gasteiger partial charge in [0, 0.05) is 13.1 Å². The van der Waals surface area contributed by atoms with Crippen LogP contribution in [0.5, 0.6) is 11.5 Å². The molecule has 0 spiro atoms. The van der Waals surface area contributed by atoms with E-state index in [4.69, 9.17) is 19.9 Å². The summed E-state index contributed by atoms with van der Waals surface area (Å²) in [6.07, 6.45) is -0.0519. The van der Waals surface area contributed by atoms with Crippen LogP contribution in [-0.4, -0.2) is 52.0 Å². The number of hydrogen-bond donors (Lipinski definition) is 1. The SMILES string of the molecule is COc1cccc(OC)c1C(N)C1CN(C)CCO1. The van der Waals surface area contributed by atoms with Crippen molar-refractivity contribution < 1.29 is 14.2 Å². The molecule has 0 aliphatic carbocycles. The number of methoxy groups -OCH3 is 2. The zero-order valence-corrected chi connectivity index (χ0v) is 11.8. The van der Waals surface area contributed by atoms with Crippen molar-refractivity contribution in [1.82, 2.24) is 4.90 Å². The van der Waals surface area contributed by atoms with Crippen LogP contribution < -0.4 is 15.2 Å². The highest BCUT2D eigenvalue weighted by Gasteiger charge is 2.29. The standard InChI is InChI=1S/C14H22N2O3/c1-16-7-8-19-12(9-16)14(15)13-10(17-2)5-4-6-11(13)18-3/h4-6,12,14H,7-9,15H2,1-3H3. The van der Waals surface area contributed by atoms with Crippen LogP contribution in [-0.2, 0) is 4.74 Å². The summed E-state index contributed by atoms with van der Waals surface area (Å²) in [6.45, 7) is 2.45. The molecule has 106 valence electrons. The highest BCUT2D eigenvalue weighted by Crippen LogP contribution is 2.35. The van der Waals surface area contributed by atoms with Crippen molar-refractivity contribution in [3.63, 3.8) is 0 Å². The molecule has 2 atom stereocenters. The first-order chi connectivity index (χ1) is 9.17. The van der Waals surface area contributed by atoms with E-state index in [-0.39, 0.29) is 12.1 Å². The molecule has 2 N–H and O–H groups in total. The second-order valence-electron chi connectivity index (χ2n) is 4.77. The Morgan fingerprint density at radius 2 is 1.95 bits per heavy atom. The van der Waals surface area contributed by atoms with Crippen LogP contribution >= 0.6 is 0 Å². The predicted octanol–water partition coefficient (Wildman–Crippen LogP) is 1.03. The van der Waals surface area contributed by atoms with Crippen LogP contribution in [0.2, 0.25) is 0 Å². The van der Waals surface area contributed by atoms with Gasteiger partial charge in [-0.25, -0.2) is 0 Å². The minimum absolute atomic E-state index is 0.0519. The molecule has 0 aromatic heterocycles. The molecule has 1 fully saturated rings. The zero-order valence-electron chi connectivity index (χ0n) is 11.8. The average molecular weight is 266 g/mol. The fourth-order valence-electron chi connectivity index (χ4n) is 2.42. The number of benzene rings is 1. The van der Waals surface area contributed by atoms with Gasteiger partial charge in [0.1, 0.15) is 11.5 Å². The van der Waals surface area contributed by atoms with Crippen LogP contribution in [0.25, 0.3) is 0 Å². The summed E-state index contributed by atoms with van der Waals surface area (Å²) in [5, 5.41) is 0. The summed E-state index contributed by atoms with van der Waals surface area (Å²) in [6, 6.07) is 5.41. The molecule has 1 aromatic rings. The largest absolute Gasteiger partial charge is 0.496 e. The smallest absolute Gasteiger partial charge is 0.127 e. The van der Waals surface area contributed by atoms with Gasteiger partial charge in [0.15, 0.2) is 0 Å². The van der Waals surface area contributed by atoms with Crippen molar-refractivity contribution >= 4 is 0 Å². The lowest BCUT2D eigenvalue weighted by Crippen LogP contribution is -2.45. The number of hydrogen-bond acceptors (Lipinski definition) is 5. The van der Waals surface area contributed by atoms with E-state index in [1.165, 1.54) is 0 Å². The lowest BCUT2D eigenvalue weighted by molar-refractivity contribution is -0.0332. The molecule has 5 nitrogen and oxygen atoms in total. The Bertz CT molecular complexity index is 403. The van der Waals surface area contributed by atoms with Crippen LogP contribution in [0.15, 0.2) is 18.2 Å². The summed E-state index contributed by atoms with van der Waals surface area (Å²) < 4.78 is 16.6. The van der Waals surface area contributed by atoms with Crippen molar-refractivity contribution in [3.05, 3.63) is 23.8 Å². The number of nitrogens with two attached hydrogens (primary N) is 1. The monoisotopic (exact) mass is 266 g/mol. The summed E-state index contributed by atoms with van der Waals surface area (Å²) in [5.41, 5.74) is 7.24. The lowest BCUT2D eigenvalue weighted by atomic mass is 9.99. The van der Waals surface area contributed by atoms with Crippen molar-refractivity contribution in [2.75, 3.05) is 41.0 Å². The molecule has 1 aromatic carbocycles. The first-order valence-electron chi connectivity index (χ1n) is 6.44.